The van der Waals surface area contributed by atoms with Crippen LogP contribution in [-0.4, -0.2) is 45.6 Å². The molecule has 0 aromatic heterocycles. The van der Waals surface area contributed by atoms with E-state index >= 15 is 0 Å². The average molecular weight is 386 g/mol. The second kappa shape index (κ2) is 14.3. The molecular formula is C13H20F6O6. The van der Waals surface area contributed by atoms with E-state index in [-0.39, 0.29) is 0 Å². The van der Waals surface area contributed by atoms with Crippen LogP contribution in [0.25, 0.3) is 0 Å². The van der Waals surface area contributed by atoms with Gasteiger partial charge in [0.1, 0.15) is 0 Å². The smallest absolute Gasteiger partial charge is 0.481 e. The van der Waals surface area contributed by atoms with Crippen molar-refractivity contribution in [2.45, 2.75) is 64.2 Å². The number of unbranched alkanes of at least 4 members (excludes halogenated alkanes) is 5. The van der Waals surface area contributed by atoms with E-state index in [0.717, 1.165) is 12.8 Å². The molecule has 0 saturated heterocycles. The molecule has 0 spiro atoms. The third kappa shape index (κ3) is 27.2. The van der Waals surface area contributed by atoms with E-state index in [1.807, 2.05) is 0 Å². The van der Waals surface area contributed by atoms with Crippen molar-refractivity contribution in [3.8, 4) is 0 Å². The van der Waals surface area contributed by atoms with Crippen molar-refractivity contribution in [2.24, 2.45) is 0 Å². The molecule has 0 aromatic carbocycles. The monoisotopic (exact) mass is 386 g/mol. The van der Waals surface area contributed by atoms with E-state index in [0.29, 0.717) is 6.42 Å². The molecule has 0 fully saturated rings. The normalized spacial score (nSPS) is 10.7. The highest BCUT2D eigenvalue weighted by molar-refractivity contribution is 5.73. The maximum absolute atomic E-state index is 10.6. The SMILES string of the molecule is CCCCCCCCC(=O)O.O=C(O)C(F)(F)F.O=C(O)C(F)(F)F. The standard InChI is InChI=1S/C9H18O2.2C2HF3O2/c1-2-3-4-5-6-7-8-9(10)11;2*3-2(4,5)1(6)7/h2-8H2,1H3,(H,10,11);2*(H,6,7). The molecule has 0 aliphatic carbocycles. The minimum atomic E-state index is -5.08. The van der Waals surface area contributed by atoms with Crippen molar-refractivity contribution in [1.82, 2.24) is 0 Å². The summed E-state index contributed by atoms with van der Waals surface area (Å²) in [6.07, 6.45) is -2.92. The number of alkyl halides is 6. The first kappa shape index (κ1) is 27.8. The molecule has 0 amide bonds. The summed E-state index contributed by atoms with van der Waals surface area (Å²) in [5.74, 6) is -6.18. The first-order valence-corrected chi connectivity index (χ1v) is 6.98. The molecule has 0 aromatic rings. The Balaban J connectivity index is -0.000000304. The van der Waals surface area contributed by atoms with E-state index < -0.39 is 30.3 Å². The third-order valence-electron chi connectivity index (χ3n) is 2.23. The molecule has 0 rings (SSSR count). The summed E-state index contributed by atoms with van der Waals surface area (Å²) in [5.41, 5.74) is 0. The predicted molar refractivity (Wildman–Crippen MR) is 73.0 cm³/mol. The van der Waals surface area contributed by atoms with E-state index in [4.69, 9.17) is 24.9 Å². The fraction of sp³-hybridized carbons (Fsp3) is 0.769. The highest BCUT2D eigenvalue weighted by Crippen LogP contribution is 2.13. The lowest BCUT2D eigenvalue weighted by atomic mass is 10.1. The molecule has 0 aliphatic rings. The van der Waals surface area contributed by atoms with Gasteiger partial charge in [-0.25, -0.2) is 9.59 Å². The van der Waals surface area contributed by atoms with Crippen LogP contribution in [0.5, 0.6) is 0 Å². The largest absolute Gasteiger partial charge is 0.490 e. The Kier molecular flexibility index (Phi) is 16.0. The highest BCUT2D eigenvalue weighted by atomic mass is 19.4. The molecule has 25 heavy (non-hydrogen) atoms. The second-order valence-electron chi connectivity index (χ2n) is 4.52. The van der Waals surface area contributed by atoms with Crippen molar-refractivity contribution >= 4 is 17.9 Å². The maximum Gasteiger partial charge on any atom is 0.490 e. The summed E-state index contributed by atoms with van der Waals surface area (Å²) in [5, 5.41) is 22.6. The number of carbonyl (C=O) groups is 3. The van der Waals surface area contributed by atoms with Gasteiger partial charge in [0, 0.05) is 6.42 Å². The van der Waals surface area contributed by atoms with Crippen LogP contribution in [0.2, 0.25) is 0 Å². The van der Waals surface area contributed by atoms with Crippen LogP contribution < -0.4 is 0 Å². The highest BCUT2D eigenvalue weighted by Gasteiger charge is 2.38. The van der Waals surface area contributed by atoms with Gasteiger partial charge in [0.25, 0.3) is 0 Å². The minimum absolute atomic E-state index is 0.339. The van der Waals surface area contributed by atoms with Gasteiger partial charge in [-0.05, 0) is 6.42 Å². The Labute approximate surface area is 139 Å². The topological polar surface area (TPSA) is 112 Å². The number of carboxylic acids is 3. The molecule has 0 bridgehead atoms. The maximum atomic E-state index is 10.6. The van der Waals surface area contributed by atoms with Crippen LogP contribution in [0, 0.1) is 0 Å². The Morgan fingerprint density at radius 1 is 0.680 bits per heavy atom. The third-order valence-corrected chi connectivity index (χ3v) is 2.23. The van der Waals surface area contributed by atoms with Crippen LogP contribution >= 0.6 is 0 Å². The fourth-order valence-corrected chi connectivity index (χ4v) is 1.06. The van der Waals surface area contributed by atoms with E-state index in [1.54, 1.807) is 0 Å². The van der Waals surface area contributed by atoms with Gasteiger partial charge in [0.05, 0.1) is 0 Å². The molecule has 0 heterocycles. The Morgan fingerprint density at radius 3 is 1.20 bits per heavy atom. The zero-order chi connectivity index (χ0) is 20.7. The van der Waals surface area contributed by atoms with Crippen molar-refractivity contribution in [3.05, 3.63) is 0 Å². The van der Waals surface area contributed by atoms with Gasteiger partial charge in [-0.3, -0.25) is 4.79 Å². The first-order chi connectivity index (χ1) is 11.2. The molecule has 0 aliphatic heterocycles. The summed E-state index contributed by atoms with van der Waals surface area (Å²) in [7, 11) is 0. The zero-order valence-corrected chi connectivity index (χ0v) is 13.3. The molecule has 3 N–H and O–H groups in total. The Morgan fingerprint density at radius 2 is 0.960 bits per heavy atom. The molecule has 0 unspecified atom stereocenters. The van der Waals surface area contributed by atoms with Crippen LogP contribution in [0.3, 0.4) is 0 Å². The minimum Gasteiger partial charge on any atom is -0.481 e. The van der Waals surface area contributed by atoms with Crippen LogP contribution in [0.4, 0.5) is 26.3 Å². The van der Waals surface area contributed by atoms with E-state index in [1.165, 1.54) is 25.7 Å². The number of hydrogen-bond acceptors (Lipinski definition) is 3. The van der Waals surface area contributed by atoms with Crippen molar-refractivity contribution in [1.29, 1.82) is 0 Å². The number of hydrogen-bond donors (Lipinski definition) is 3. The van der Waals surface area contributed by atoms with Gasteiger partial charge < -0.3 is 15.3 Å². The summed E-state index contributed by atoms with van der Waals surface area (Å²) in [6, 6.07) is 0. The van der Waals surface area contributed by atoms with E-state index in [2.05, 4.69) is 6.92 Å². The Hall–Kier alpha value is -2.01. The quantitative estimate of drug-likeness (QED) is 0.449. The van der Waals surface area contributed by atoms with E-state index in [9.17, 15) is 31.1 Å². The van der Waals surface area contributed by atoms with Gasteiger partial charge in [0.2, 0.25) is 0 Å². The van der Waals surface area contributed by atoms with Crippen molar-refractivity contribution in [2.75, 3.05) is 0 Å². The summed E-state index contributed by atoms with van der Waals surface area (Å²) in [4.78, 5) is 27.9. The summed E-state index contributed by atoms with van der Waals surface area (Å²) < 4.78 is 63.5. The molecule has 0 atom stereocenters. The molecule has 0 saturated carbocycles. The molecule has 6 nitrogen and oxygen atoms in total. The number of rotatable bonds is 7. The lowest BCUT2D eigenvalue weighted by molar-refractivity contribution is -0.193. The lowest BCUT2D eigenvalue weighted by Crippen LogP contribution is -2.21. The summed E-state index contributed by atoms with van der Waals surface area (Å²) in [6.45, 7) is 2.18. The predicted octanol–water partition coefficient (Wildman–Crippen LogP) is 4.09. The number of carboxylic acid groups (broad SMARTS) is 3. The average Bonchev–Trinajstić information content (AvgIpc) is 2.41. The van der Waals surface area contributed by atoms with Crippen LogP contribution in [-0.2, 0) is 14.4 Å². The lowest BCUT2D eigenvalue weighted by Gasteiger charge is -1.97. The van der Waals surface area contributed by atoms with Gasteiger partial charge in [0.15, 0.2) is 0 Å². The fourth-order valence-electron chi connectivity index (χ4n) is 1.06. The van der Waals surface area contributed by atoms with Gasteiger partial charge in [-0.15, -0.1) is 0 Å². The van der Waals surface area contributed by atoms with Gasteiger partial charge >= 0.3 is 30.3 Å². The van der Waals surface area contributed by atoms with Crippen molar-refractivity contribution in [3.63, 3.8) is 0 Å². The molecular weight excluding hydrogens is 366 g/mol. The number of aliphatic carboxylic acids is 3. The number of halogens is 6. The van der Waals surface area contributed by atoms with Crippen LogP contribution in [0.15, 0.2) is 0 Å². The summed E-state index contributed by atoms with van der Waals surface area (Å²) >= 11 is 0. The van der Waals surface area contributed by atoms with Gasteiger partial charge in [-0.2, -0.15) is 26.3 Å². The second-order valence-corrected chi connectivity index (χ2v) is 4.52. The first-order valence-electron chi connectivity index (χ1n) is 6.98. The molecule has 12 heteroatoms. The van der Waals surface area contributed by atoms with Crippen LogP contribution in [0.1, 0.15) is 51.9 Å². The van der Waals surface area contributed by atoms with Gasteiger partial charge in [-0.1, -0.05) is 39.0 Å². The molecule has 150 valence electrons. The van der Waals surface area contributed by atoms with Crippen molar-refractivity contribution < 1.29 is 56.0 Å². The molecule has 0 radical (unpaired) electrons. The zero-order valence-electron chi connectivity index (χ0n) is 13.3. The Bertz CT molecular complexity index is 367.